The molecule has 1 aliphatic heterocycles. The van der Waals surface area contributed by atoms with Gasteiger partial charge in [-0.25, -0.2) is 4.79 Å². The minimum absolute atomic E-state index is 0.252. The molecule has 4 aromatic rings. The molecule has 1 amide bonds. The molecule has 1 saturated heterocycles. The molecular formula is C29H24Cl4N2O3. The predicted molar refractivity (Wildman–Crippen MR) is 153 cm³/mol. The second kappa shape index (κ2) is 12.9. The molecular weight excluding hydrogens is 566 g/mol. The van der Waals surface area contributed by atoms with Gasteiger partial charge in [-0.15, -0.1) is 0 Å². The van der Waals surface area contributed by atoms with Crippen LogP contribution in [0.4, 0.5) is 4.79 Å². The van der Waals surface area contributed by atoms with Crippen LogP contribution in [0.1, 0.15) is 46.5 Å². The third kappa shape index (κ3) is 7.20. The molecule has 0 aliphatic carbocycles. The smallest absolute Gasteiger partial charge is 0.408 e. The summed E-state index contributed by atoms with van der Waals surface area (Å²) in [5.74, 6) is 0. The lowest BCUT2D eigenvalue weighted by molar-refractivity contribution is 0.132. The molecule has 4 aromatic carbocycles. The third-order valence-electron chi connectivity index (χ3n) is 6.00. The molecule has 0 aromatic heterocycles. The highest BCUT2D eigenvalue weighted by molar-refractivity contribution is 6.31. The largest absolute Gasteiger partial charge is 0.439 e. The second-order valence-corrected chi connectivity index (χ2v) is 10.4. The maximum absolute atomic E-state index is 11.6. The lowest BCUT2D eigenvalue weighted by Crippen LogP contribution is -2.19. The highest BCUT2D eigenvalue weighted by Gasteiger charge is 2.36. The number of carbonyl (C=O) groups is 1. The van der Waals surface area contributed by atoms with Gasteiger partial charge in [0.2, 0.25) is 0 Å². The van der Waals surface area contributed by atoms with Gasteiger partial charge in [-0.3, -0.25) is 0 Å². The van der Waals surface area contributed by atoms with E-state index in [2.05, 4.69) is 5.32 Å². The number of carbonyl (C=O) groups excluding carboxylic acids is 1. The summed E-state index contributed by atoms with van der Waals surface area (Å²) >= 11 is 23.6. The molecule has 9 heteroatoms. The van der Waals surface area contributed by atoms with Gasteiger partial charge in [-0.1, -0.05) is 94.9 Å². The zero-order valence-electron chi connectivity index (χ0n) is 19.9. The number of aliphatic hydroxyl groups excluding tert-OH is 1. The van der Waals surface area contributed by atoms with Crippen molar-refractivity contribution < 1.29 is 14.6 Å². The summed E-state index contributed by atoms with van der Waals surface area (Å²) in [5, 5.41) is 15.5. The molecule has 0 saturated carbocycles. The number of hydrogen-bond donors (Lipinski definition) is 3. The van der Waals surface area contributed by atoms with E-state index >= 15 is 0 Å². The highest BCUT2D eigenvalue weighted by Crippen LogP contribution is 2.37. The summed E-state index contributed by atoms with van der Waals surface area (Å²) in [6.45, 7) is 0. The lowest BCUT2D eigenvalue weighted by Gasteiger charge is -2.19. The van der Waals surface area contributed by atoms with Crippen molar-refractivity contribution in [3.63, 3.8) is 0 Å². The Morgan fingerprint density at radius 3 is 1.89 bits per heavy atom. The van der Waals surface area contributed by atoms with E-state index < -0.39 is 24.3 Å². The lowest BCUT2D eigenvalue weighted by atomic mass is 9.97. The normalized spacial score (nSPS) is 18.0. The Balaban J connectivity index is 0.000000178. The molecule has 4 atom stereocenters. The molecule has 0 unspecified atom stereocenters. The quantitative estimate of drug-likeness (QED) is 0.219. The van der Waals surface area contributed by atoms with E-state index in [0.717, 1.165) is 16.7 Å². The van der Waals surface area contributed by atoms with Crippen LogP contribution in [0.25, 0.3) is 0 Å². The van der Waals surface area contributed by atoms with Crippen LogP contribution in [0.15, 0.2) is 97.1 Å². The van der Waals surface area contributed by atoms with Crippen LogP contribution < -0.4 is 11.1 Å². The predicted octanol–water partition coefficient (Wildman–Crippen LogP) is 8.24. The van der Waals surface area contributed by atoms with Crippen molar-refractivity contribution in [2.24, 2.45) is 5.73 Å². The maximum atomic E-state index is 11.6. The first-order valence-corrected chi connectivity index (χ1v) is 13.1. The van der Waals surface area contributed by atoms with Crippen molar-refractivity contribution in [3.8, 4) is 0 Å². The number of ether oxygens (including phenoxy) is 1. The molecule has 1 fully saturated rings. The number of aliphatic hydroxyl groups is 1. The topological polar surface area (TPSA) is 84.6 Å². The average Bonchev–Trinajstić information content (AvgIpc) is 3.31. The minimum atomic E-state index is -0.801. The molecule has 0 radical (unpaired) electrons. The van der Waals surface area contributed by atoms with Gasteiger partial charge in [0, 0.05) is 20.1 Å². The van der Waals surface area contributed by atoms with Crippen molar-refractivity contribution in [1.29, 1.82) is 0 Å². The second-order valence-electron chi connectivity index (χ2n) is 8.63. The van der Waals surface area contributed by atoms with E-state index in [0.29, 0.717) is 25.7 Å². The number of nitrogens with one attached hydrogen (secondary N) is 1. The van der Waals surface area contributed by atoms with Crippen molar-refractivity contribution in [3.05, 3.63) is 139 Å². The van der Waals surface area contributed by atoms with Gasteiger partial charge in [0.15, 0.2) is 6.10 Å². The van der Waals surface area contributed by atoms with Gasteiger partial charge in [0.25, 0.3) is 0 Å². The Bertz CT molecular complexity index is 1380. The summed E-state index contributed by atoms with van der Waals surface area (Å²) in [4.78, 5) is 11.6. The molecule has 0 bridgehead atoms. The van der Waals surface area contributed by atoms with Crippen LogP contribution in [-0.2, 0) is 4.74 Å². The van der Waals surface area contributed by atoms with Gasteiger partial charge in [-0.2, -0.15) is 0 Å². The number of alkyl carbamates (subject to hydrolysis) is 1. The molecule has 5 nitrogen and oxygen atoms in total. The Morgan fingerprint density at radius 1 is 0.711 bits per heavy atom. The van der Waals surface area contributed by atoms with E-state index in [4.69, 9.17) is 56.9 Å². The Kier molecular flexibility index (Phi) is 9.55. The van der Waals surface area contributed by atoms with Crippen LogP contribution in [0.3, 0.4) is 0 Å². The molecule has 4 N–H and O–H groups in total. The van der Waals surface area contributed by atoms with Crippen LogP contribution in [0.5, 0.6) is 0 Å². The maximum Gasteiger partial charge on any atom is 0.408 e. The first kappa shape index (κ1) is 28.2. The number of benzene rings is 4. The van der Waals surface area contributed by atoms with Crippen molar-refractivity contribution >= 4 is 52.5 Å². The standard InChI is InChI=1S/C15H11Cl2NO2.C14H13Cl2NO/c16-11-6-4-9(5-7-11)13-14(20-15(19)18-13)10-2-1-3-12(17)8-10;15-11-6-4-9(5-7-11)13(17)14(18)10-2-1-3-12(16)8-10/h1-8,13-14H,(H,18,19);1-8,13-14,18H,17H2/t2*13-,14-/m10/s1. The summed E-state index contributed by atoms with van der Waals surface area (Å²) in [6.07, 6.45) is -1.64. The van der Waals surface area contributed by atoms with Gasteiger partial charge < -0.3 is 20.9 Å². The summed E-state index contributed by atoms with van der Waals surface area (Å²) in [7, 11) is 0. The number of cyclic esters (lactones) is 1. The van der Waals surface area contributed by atoms with E-state index in [-0.39, 0.29) is 6.04 Å². The number of halogens is 4. The molecule has 0 spiro atoms. The Hall–Kier alpha value is -2.77. The average molecular weight is 590 g/mol. The van der Waals surface area contributed by atoms with E-state index in [1.54, 1.807) is 72.8 Å². The fourth-order valence-corrected chi connectivity index (χ4v) is 4.71. The first-order valence-electron chi connectivity index (χ1n) is 11.6. The van der Waals surface area contributed by atoms with Gasteiger partial charge in [0.1, 0.15) is 0 Å². The SMILES string of the molecule is N[C@@H](c1ccc(Cl)cc1)[C@@H](O)c1cccc(Cl)c1.O=C1N[C@H](c2ccc(Cl)cc2)[C@@H](c2cccc(Cl)c2)O1. The van der Waals surface area contributed by atoms with E-state index in [1.165, 1.54) is 0 Å². The molecule has 196 valence electrons. The fourth-order valence-electron chi connectivity index (χ4n) is 4.06. The minimum Gasteiger partial charge on any atom is -0.439 e. The Labute approximate surface area is 241 Å². The summed E-state index contributed by atoms with van der Waals surface area (Å²) in [6, 6.07) is 28.0. The highest BCUT2D eigenvalue weighted by atomic mass is 35.5. The number of nitrogens with two attached hydrogens (primary N) is 1. The van der Waals surface area contributed by atoms with Crippen LogP contribution in [0.2, 0.25) is 20.1 Å². The van der Waals surface area contributed by atoms with Gasteiger partial charge >= 0.3 is 6.09 Å². The summed E-state index contributed by atoms with van der Waals surface area (Å²) in [5.41, 5.74) is 9.35. The first-order chi connectivity index (χ1) is 18.2. The number of hydrogen-bond acceptors (Lipinski definition) is 4. The van der Waals surface area contributed by atoms with Crippen LogP contribution in [-0.4, -0.2) is 11.2 Å². The van der Waals surface area contributed by atoms with E-state index in [1.807, 2.05) is 24.3 Å². The Morgan fingerprint density at radius 2 is 1.29 bits per heavy atom. The number of rotatable bonds is 5. The van der Waals surface area contributed by atoms with Crippen molar-refractivity contribution in [1.82, 2.24) is 5.32 Å². The van der Waals surface area contributed by atoms with Crippen LogP contribution in [0, 0.1) is 0 Å². The molecule has 5 rings (SSSR count). The molecule has 38 heavy (non-hydrogen) atoms. The molecule has 1 aliphatic rings. The molecule has 1 heterocycles. The third-order valence-corrected chi connectivity index (χ3v) is 6.98. The zero-order valence-corrected chi connectivity index (χ0v) is 22.9. The fraction of sp³-hybridized carbons (Fsp3) is 0.138. The number of amides is 1. The monoisotopic (exact) mass is 588 g/mol. The van der Waals surface area contributed by atoms with Crippen LogP contribution >= 0.6 is 46.4 Å². The van der Waals surface area contributed by atoms with Crippen molar-refractivity contribution in [2.75, 3.05) is 0 Å². The summed E-state index contributed by atoms with van der Waals surface area (Å²) < 4.78 is 5.36. The van der Waals surface area contributed by atoms with Gasteiger partial charge in [0.05, 0.1) is 18.2 Å². The van der Waals surface area contributed by atoms with E-state index in [9.17, 15) is 9.90 Å². The van der Waals surface area contributed by atoms with Crippen molar-refractivity contribution in [2.45, 2.75) is 24.3 Å². The zero-order chi connectivity index (χ0) is 27.2. The van der Waals surface area contributed by atoms with Gasteiger partial charge in [-0.05, 0) is 70.8 Å².